The van der Waals surface area contributed by atoms with Gasteiger partial charge in [-0.25, -0.2) is 14.4 Å². The number of ketones is 1. The number of halogens is 1. The molecule has 25 heavy (non-hydrogen) atoms. The summed E-state index contributed by atoms with van der Waals surface area (Å²) in [5.41, 5.74) is 0.948. The fourth-order valence-electron chi connectivity index (χ4n) is 2.46. The maximum absolute atomic E-state index is 13.1. The fraction of sp³-hybridized carbons (Fsp3) is 0. The number of para-hydroxylation sites is 1. The molecule has 0 bridgehead atoms. The predicted octanol–water partition coefficient (Wildman–Crippen LogP) is 3.47. The molecule has 122 valence electrons. The number of anilines is 2. The van der Waals surface area contributed by atoms with Crippen LogP contribution in [0.4, 0.5) is 16.0 Å². The van der Waals surface area contributed by atoms with Crippen molar-refractivity contribution in [2.75, 3.05) is 5.32 Å². The van der Waals surface area contributed by atoms with E-state index >= 15 is 0 Å². The van der Waals surface area contributed by atoms with E-state index in [-0.39, 0.29) is 11.6 Å². The number of hydrogen-bond donors (Lipinski definition) is 2. The van der Waals surface area contributed by atoms with E-state index in [0.29, 0.717) is 22.7 Å². The highest BCUT2D eigenvalue weighted by Gasteiger charge is 2.16. The minimum Gasteiger partial charge on any atom is -0.323 e. The molecule has 0 spiro atoms. The molecule has 2 aromatic carbocycles. The first kappa shape index (κ1) is 14.9. The second-order valence-corrected chi connectivity index (χ2v) is 5.33. The molecule has 0 fully saturated rings. The van der Waals surface area contributed by atoms with E-state index in [1.165, 1.54) is 24.3 Å². The zero-order valence-electron chi connectivity index (χ0n) is 12.9. The van der Waals surface area contributed by atoms with Crippen LogP contribution in [-0.2, 0) is 0 Å². The lowest BCUT2D eigenvalue weighted by atomic mass is 10.1. The summed E-state index contributed by atoms with van der Waals surface area (Å²) >= 11 is 0. The fourth-order valence-corrected chi connectivity index (χ4v) is 2.46. The van der Waals surface area contributed by atoms with Crippen molar-refractivity contribution in [1.29, 1.82) is 0 Å². The minimum absolute atomic E-state index is 0.0309. The van der Waals surface area contributed by atoms with Gasteiger partial charge in [0.15, 0.2) is 5.82 Å². The number of aromatic nitrogens is 4. The molecule has 0 atom stereocenters. The molecule has 0 aliphatic rings. The molecule has 0 amide bonds. The van der Waals surface area contributed by atoms with E-state index in [1.54, 1.807) is 18.3 Å². The van der Waals surface area contributed by atoms with Crippen LogP contribution in [0.2, 0.25) is 0 Å². The van der Waals surface area contributed by atoms with Gasteiger partial charge in [0.1, 0.15) is 11.6 Å². The van der Waals surface area contributed by atoms with Crippen molar-refractivity contribution in [2.24, 2.45) is 0 Å². The maximum atomic E-state index is 13.1. The largest absolute Gasteiger partial charge is 0.323 e. The van der Waals surface area contributed by atoms with Gasteiger partial charge in [-0.3, -0.25) is 9.89 Å². The summed E-state index contributed by atoms with van der Waals surface area (Å²) in [5, 5.41) is 10.6. The number of fused-ring (bicyclic) bond motifs is 1. The van der Waals surface area contributed by atoms with Crippen molar-refractivity contribution in [2.45, 2.75) is 0 Å². The van der Waals surface area contributed by atoms with Gasteiger partial charge in [-0.15, -0.1) is 0 Å². The summed E-state index contributed by atoms with van der Waals surface area (Å²) in [6.07, 6.45) is 1.68. The molecule has 6 nitrogen and oxygen atoms in total. The monoisotopic (exact) mass is 333 g/mol. The maximum Gasteiger partial charge on any atom is 0.230 e. The number of hydrogen-bond acceptors (Lipinski definition) is 5. The third kappa shape index (κ3) is 2.94. The van der Waals surface area contributed by atoms with Crippen molar-refractivity contribution < 1.29 is 9.18 Å². The first-order valence-corrected chi connectivity index (χ1v) is 7.54. The van der Waals surface area contributed by atoms with E-state index in [1.807, 2.05) is 18.2 Å². The van der Waals surface area contributed by atoms with E-state index in [9.17, 15) is 9.18 Å². The van der Waals surface area contributed by atoms with Gasteiger partial charge >= 0.3 is 0 Å². The Morgan fingerprint density at radius 1 is 1.00 bits per heavy atom. The Morgan fingerprint density at radius 3 is 2.56 bits per heavy atom. The minimum atomic E-state index is -0.406. The van der Waals surface area contributed by atoms with Gasteiger partial charge in [0.05, 0.1) is 5.52 Å². The SMILES string of the molecule is O=C(c1ccc(F)cc1)c1nc(Nc2cc[nH]n2)c2ccccc2n1. The lowest BCUT2D eigenvalue weighted by Gasteiger charge is -2.09. The Labute approximate surface area is 141 Å². The summed E-state index contributed by atoms with van der Waals surface area (Å²) < 4.78 is 13.1. The molecule has 2 aromatic heterocycles. The lowest BCUT2D eigenvalue weighted by Crippen LogP contribution is -2.09. The zero-order valence-corrected chi connectivity index (χ0v) is 12.9. The van der Waals surface area contributed by atoms with Gasteiger partial charge in [0.2, 0.25) is 11.6 Å². The van der Waals surface area contributed by atoms with Crippen molar-refractivity contribution in [3.63, 3.8) is 0 Å². The molecule has 0 aliphatic heterocycles. The van der Waals surface area contributed by atoms with Crippen LogP contribution in [0, 0.1) is 5.82 Å². The van der Waals surface area contributed by atoms with Gasteiger partial charge < -0.3 is 5.32 Å². The summed E-state index contributed by atoms with van der Waals surface area (Å²) in [6, 6.07) is 14.4. The number of carbonyl (C=O) groups excluding carboxylic acids is 1. The number of aromatic amines is 1. The molecule has 0 unspecified atom stereocenters. The van der Waals surface area contributed by atoms with Crippen LogP contribution in [0.3, 0.4) is 0 Å². The molecule has 2 N–H and O–H groups in total. The second-order valence-electron chi connectivity index (χ2n) is 5.33. The smallest absolute Gasteiger partial charge is 0.230 e. The number of benzene rings is 2. The van der Waals surface area contributed by atoms with Crippen LogP contribution in [-0.4, -0.2) is 25.9 Å². The van der Waals surface area contributed by atoms with Crippen LogP contribution >= 0.6 is 0 Å². The normalized spacial score (nSPS) is 10.8. The van der Waals surface area contributed by atoms with Crippen LogP contribution in [0.5, 0.6) is 0 Å². The predicted molar refractivity (Wildman–Crippen MR) is 91.2 cm³/mol. The van der Waals surface area contributed by atoms with E-state index in [4.69, 9.17) is 0 Å². The number of carbonyl (C=O) groups is 1. The van der Waals surface area contributed by atoms with Gasteiger partial charge in [0, 0.05) is 23.2 Å². The van der Waals surface area contributed by atoms with Gasteiger partial charge in [-0.2, -0.15) is 5.10 Å². The van der Waals surface area contributed by atoms with Gasteiger partial charge in [-0.1, -0.05) is 12.1 Å². The Hall–Kier alpha value is -3.61. The standard InChI is InChI=1S/C18H12FN5O/c19-12-7-5-11(6-8-12)16(25)18-21-14-4-2-1-3-13(14)17(23-18)22-15-9-10-20-24-15/h1-10H,(H2,20,21,22,23,24). The molecule has 4 aromatic rings. The highest BCUT2D eigenvalue weighted by Crippen LogP contribution is 2.23. The quantitative estimate of drug-likeness (QED) is 0.559. The van der Waals surface area contributed by atoms with E-state index < -0.39 is 5.82 Å². The summed E-state index contributed by atoms with van der Waals surface area (Å²) in [4.78, 5) is 21.4. The highest BCUT2D eigenvalue weighted by molar-refractivity contribution is 6.08. The summed E-state index contributed by atoms with van der Waals surface area (Å²) in [7, 11) is 0. The van der Waals surface area contributed by atoms with Crippen LogP contribution in [0.15, 0.2) is 60.8 Å². The van der Waals surface area contributed by atoms with Crippen molar-refractivity contribution in [3.8, 4) is 0 Å². The molecular weight excluding hydrogens is 321 g/mol. The van der Waals surface area contributed by atoms with E-state index in [0.717, 1.165) is 5.39 Å². The first-order chi connectivity index (χ1) is 12.2. The first-order valence-electron chi connectivity index (χ1n) is 7.54. The van der Waals surface area contributed by atoms with Crippen LogP contribution in [0.1, 0.15) is 16.2 Å². The highest BCUT2D eigenvalue weighted by atomic mass is 19.1. The number of nitrogens with one attached hydrogen (secondary N) is 2. The number of H-pyrrole nitrogens is 1. The van der Waals surface area contributed by atoms with Gasteiger partial charge in [-0.05, 0) is 36.4 Å². The lowest BCUT2D eigenvalue weighted by molar-refractivity contribution is 0.103. The summed E-state index contributed by atoms with van der Waals surface area (Å²) in [6.45, 7) is 0. The third-order valence-electron chi connectivity index (χ3n) is 3.66. The Balaban J connectivity index is 1.81. The van der Waals surface area contributed by atoms with E-state index in [2.05, 4.69) is 25.5 Å². The summed E-state index contributed by atoms with van der Waals surface area (Å²) in [5.74, 6) is 0.295. The number of rotatable bonds is 4. The molecule has 2 heterocycles. The Kier molecular flexibility index (Phi) is 3.66. The molecular formula is C18H12FN5O. The van der Waals surface area contributed by atoms with Crippen molar-refractivity contribution in [1.82, 2.24) is 20.2 Å². The molecule has 0 saturated carbocycles. The Bertz CT molecular complexity index is 1040. The topological polar surface area (TPSA) is 83.6 Å². The molecule has 7 heteroatoms. The molecule has 0 saturated heterocycles. The Morgan fingerprint density at radius 2 is 1.80 bits per heavy atom. The van der Waals surface area contributed by atoms with Gasteiger partial charge in [0.25, 0.3) is 0 Å². The van der Waals surface area contributed by atoms with Crippen molar-refractivity contribution in [3.05, 3.63) is 78.0 Å². The molecule has 4 rings (SSSR count). The van der Waals surface area contributed by atoms with Crippen LogP contribution in [0.25, 0.3) is 10.9 Å². The zero-order chi connectivity index (χ0) is 17.2. The average Bonchev–Trinajstić information content (AvgIpc) is 3.15. The second kappa shape index (κ2) is 6.12. The third-order valence-corrected chi connectivity index (χ3v) is 3.66. The average molecular weight is 333 g/mol. The van der Waals surface area contributed by atoms with Crippen LogP contribution < -0.4 is 5.32 Å². The van der Waals surface area contributed by atoms with Crippen molar-refractivity contribution >= 4 is 28.3 Å². The molecule has 0 radical (unpaired) electrons. The molecule has 0 aliphatic carbocycles. The number of nitrogens with zero attached hydrogens (tertiary/aromatic N) is 3.